The fourth-order valence-electron chi connectivity index (χ4n) is 1.86. The Morgan fingerprint density at radius 3 is 2.68 bits per heavy atom. The van der Waals surface area contributed by atoms with Gasteiger partial charge in [0.1, 0.15) is 5.76 Å². The van der Waals surface area contributed by atoms with E-state index in [4.69, 9.17) is 4.42 Å². The number of hydrogen-bond acceptors (Lipinski definition) is 3. The first-order valence-corrected chi connectivity index (χ1v) is 6.19. The number of rotatable bonds is 4. The lowest BCUT2D eigenvalue weighted by Gasteiger charge is -2.15. The molecular formula is C15H18N2O2. The number of furan rings is 1. The van der Waals surface area contributed by atoms with Crippen molar-refractivity contribution >= 4 is 11.6 Å². The molecule has 0 aliphatic carbocycles. The summed E-state index contributed by atoms with van der Waals surface area (Å²) >= 11 is 0. The highest BCUT2D eigenvalue weighted by Crippen LogP contribution is 2.20. The zero-order valence-corrected chi connectivity index (χ0v) is 11.4. The summed E-state index contributed by atoms with van der Waals surface area (Å²) in [6.07, 6.45) is 1.65. The molecule has 0 aliphatic heterocycles. The number of carbonyl (C=O) groups is 1. The first-order chi connectivity index (χ1) is 9.08. The molecule has 0 saturated heterocycles. The van der Waals surface area contributed by atoms with Gasteiger partial charge in [0, 0.05) is 25.3 Å². The molecule has 1 unspecified atom stereocenters. The van der Waals surface area contributed by atoms with Crippen LogP contribution >= 0.6 is 0 Å². The molecule has 0 saturated carbocycles. The van der Waals surface area contributed by atoms with E-state index < -0.39 is 0 Å². The monoisotopic (exact) mass is 258 g/mol. The van der Waals surface area contributed by atoms with Gasteiger partial charge in [0.25, 0.3) is 5.91 Å². The maximum atomic E-state index is 11.9. The lowest BCUT2D eigenvalue weighted by atomic mass is 10.1. The zero-order valence-electron chi connectivity index (χ0n) is 11.4. The molecule has 1 N–H and O–H groups in total. The fourth-order valence-corrected chi connectivity index (χ4v) is 1.86. The van der Waals surface area contributed by atoms with Crippen LogP contribution in [0, 0.1) is 0 Å². The normalized spacial score (nSPS) is 11.9. The Morgan fingerprint density at radius 2 is 2.05 bits per heavy atom. The highest BCUT2D eigenvalue weighted by atomic mass is 16.3. The summed E-state index contributed by atoms with van der Waals surface area (Å²) in [5.74, 6) is 0.860. The molecule has 0 bridgehead atoms. The van der Waals surface area contributed by atoms with Gasteiger partial charge in [-0.3, -0.25) is 4.79 Å². The van der Waals surface area contributed by atoms with Crippen molar-refractivity contribution in [2.75, 3.05) is 19.4 Å². The molecule has 1 atom stereocenters. The minimum Gasteiger partial charge on any atom is -0.467 e. The molecule has 0 fully saturated rings. The number of nitrogens with zero attached hydrogens (tertiary/aromatic N) is 1. The average Bonchev–Trinajstić information content (AvgIpc) is 2.92. The summed E-state index contributed by atoms with van der Waals surface area (Å²) in [5.41, 5.74) is 1.57. The van der Waals surface area contributed by atoms with Crippen LogP contribution in [0.25, 0.3) is 0 Å². The topological polar surface area (TPSA) is 45.5 Å². The third-order valence-electron chi connectivity index (χ3n) is 2.87. The first-order valence-electron chi connectivity index (χ1n) is 6.19. The van der Waals surface area contributed by atoms with Gasteiger partial charge in [-0.05, 0) is 37.3 Å². The Hall–Kier alpha value is -2.23. The van der Waals surface area contributed by atoms with Gasteiger partial charge in [-0.25, -0.2) is 0 Å². The Balaban J connectivity index is 2.13. The molecule has 2 aromatic rings. The third-order valence-corrected chi connectivity index (χ3v) is 2.87. The predicted molar refractivity (Wildman–Crippen MR) is 75.2 cm³/mol. The van der Waals surface area contributed by atoms with Gasteiger partial charge in [0.05, 0.1) is 12.3 Å². The van der Waals surface area contributed by atoms with Crippen LogP contribution in [0.4, 0.5) is 5.69 Å². The molecule has 0 radical (unpaired) electrons. The molecule has 4 heteroatoms. The average molecular weight is 258 g/mol. The van der Waals surface area contributed by atoms with Crippen molar-refractivity contribution in [3.8, 4) is 0 Å². The van der Waals surface area contributed by atoms with E-state index in [9.17, 15) is 4.79 Å². The second kappa shape index (κ2) is 5.61. The van der Waals surface area contributed by atoms with E-state index in [2.05, 4.69) is 5.32 Å². The summed E-state index contributed by atoms with van der Waals surface area (Å²) in [4.78, 5) is 13.5. The second-order valence-corrected chi connectivity index (χ2v) is 4.66. The highest BCUT2D eigenvalue weighted by molar-refractivity contribution is 5.94. The minimum absolute atomic E-state index is 0.00528. The van der Waals surface area contributed by atoms with Gasteiger partial charge in [-0.2, -0.15) is 0 Å². The molecule has 1 heterocycles. The maximum Gasteiger partial charge on any atom is 0.253 e. The van der Waals surface area contributed by atoms with E-state index in [0.717, 1.165) is 11.4 Å². The number of nitrogens with one attached hydrogen (secondary N) is 1. The highest BCUT2D eigenvalue weighted by Gasteiger charge is 2.11. The smallest absolute Gasteiger partial charge is 0.253 e. The van der Waals surface area contributed by atoms with Crippen molar-refractivity contribution in [2.45, 2.75) is 13.0 Å². The van der Waals surface area contributed by atoms with Crippen LogP contribution in [0.2, 0.25) is 0 Å². The molecule has 0 aliphatic rings. The van der Waals surface area contributed by atoms with Crippen LogP contribution in [-0.2, 0) is 0 Å². The van der Waals surface area contributed by atoms with Crippen molar-refractivity contribution in [3.63, 3.8) is 0 Å². The van der Waals surface area contributed by atoms with Crippen LogP contribution in [0.15, 0.2) is 47.1 Å². The molecular weight excluding hydrogens is 240 g/mol. The Kier molecular flexibility index (Phi) is 3.90. The molecule has 4 nitrogen and oxygen atoms in total. The van der Waals surface area contributed by atoms with Crippen molar-refractivity contribution in [1.29, 1.82) is 0 Å². The lowest BCUT2D eigenvalue weighted by Crippen LogP contribution is -2.21. The van der Waals surface area contributed by atoms with E-state index in [-0.39, 0.29) is 11.9 Å². The molecule has 1 amide bonds. The number of anilines is 1. The van der Waals surface area contributed by atoms with Gasteiger partial charge in [0.15, 0.2) is 0 Å². The van der Waals surface area contributed by atoms with Crippen LogP contribution in [0.3, 0.4) is 0 Å². The Morgan fingerprint density at radius 1 is 1.26 bits per heavy atom. The maximum absolute atomic E-state index is 11.9. The quantitative estimate of drug-likeness (QED) is 0.916. The summed E-state index contributed by atoms with van der Waals surface area (Å²) < 4.78 is 5.35. The van der Waals surface area contributed by atoms with Gasteiger partial charge < -0.3 is 14.6 Å². The number of benzene rings is 1. The first kappa shape index (κ1) is 13.2. The van der Waals surface area contributed by atoms with E-state index in [1.165, 1.54) is 0 Å². The van der Waals surface area contributed by atoms with Gasteiger partial charge in [-0.15, -0.1) is 0 Å². The summed E-state index contributed by atoms with van der Waals surface area (Å²) in [5, 5.41) is 3.31. The van der Waals surface area contributed by atoms with Gasteiger partial charge >= 0.3 is 0 Å². The molecule has 19 heavy (non-hydrogen) atoms. The molecule has 1 aromatic heterocycles. The van der Waals surface area contributed by atoms with Gasteiger partial charge in [0.2, 0.25) is 0 Å². The van der Waals surface area contributed by atoms with E-state index in [0.29, 0.717) is 5.56 Å². The summed E-state index contributed by atoms with van der Waals surface area (Å²) in [6.45, 7) is 2.01. The minimum atomic E-state index is -0.00528. The zero-order chi connectivity index (χ0) is 13.8. The Bertz CT molecular complexity index is 547. The molecule has 100 valence electrons. The third kappa shape index (κ3) is 3.16. The largest absolute Gasteiger partial charge is 0.467 e. The van der Waals surface area contributed by atoms with Gasteiger partial charge in [-0.1, -0.05) is 6.07 Å². The van der Waals surface area contributed by atoms with E-state index in [1.807, 2.05) is 43.3 Å². The van der Waals surface area contributed by atoms with Crippen molar-refractivity contribution in [3.05, 3.63) is 54.0 Å². The van der Waals surface area contributed by atoms with E-state index in [1.54, 1.807) is 25.3 Å². The lowest BCUT2D eigenvalue weighted by molar-refractivity contribution is 0.0827. The standard InChI is InChI=1S/C15H18N2O2/c1-11(14-8-5-9-19-14)16-13-7-4-6-12(10-13)15(18)17(2)3/h4-11,16H,1-3H3. The van der Waals surface area contributed by atoms with Crippen molar-refractivity contribution in [1.82, 2.24) is 4.90 Å². The fraction of sp³-hybridized carbons (Fsp3) is 0.267. The van der Waals surface area contributed by atoms with Crippen molar-refractivity contribution in [2.24, 2.45) is 0 Å². The number of amides is 1. The van der Waals surface area contributed by atoms with Crippen LogP contribution in [0.1, 0.15) is 29.1 Å². The summed E-state index contributed by atoms with van der Waals surface area (Å²) in [7, 11) is 3.49. The van der Waals surface area contributed by atoms with E-state index >= 15 is 0 Å². The number of hydrogen-bond donors (Lipinski definition) is 1. The van der Waals surface area contributed by atoms with Crippen LogP contribution in [-0.4, -0.2) is 24.9 Å². The van der Waals surface area contributed by atoms with Crippen molar-refractivity contribution < 1.29 is 9.21 Å². The molecule has 1 aromatic carbocycles. The molecule has 2 rings (SSSR count). The Labute approximate surface area is 113 Å². The molecule has 0 spiro atoms. The predicted octanol–water partition coefficient (Wildman–Crippen LogP) is 3.15. The van der Waals surface area contributed by atoms with Crippen LogP contribution < -0.4 is 5.32 Å². The summed E-state index contributed by atoms with van der Waals surface area (Å²) in [6, 6.07) is 11.3. The second-order valence-electron chi connectivity index (χ2n) is 4.66. The van der Waals surface area contributed by atoms with Crippen LogP contribution in [0.5, 0.6) is 0 Å². The number of carbonyl (C=O) groups excluding carboxylic acids is 1. The SMILES string of the molecule is CC(Nc1cccc(C(=O)N(C)C)c1)c1ccco1.